The van der Waals surface area contributed by atoms with E-state index in [1.54, 1.807) is 41.2 Å². The fraction of sp³-hybridized carbons (Fsp3) is 0.180. The number of carbonyl (C=O) groups is 1. The molecule has 1 saturated heterocycles. The number of nitrogens with one attached hydrogen (secondary N) is 2. The number of benzene rings is 5. The van der Waals surface area contributed by atoms with Gasteiger partial charge in [0.1, 0.15) is 34.8 Å². The van der Waals surface area contributed by atoms with Crippen molar-refractivity contribution in [3.63, 3.8) is 0 Å². The molecular formula is C50H41Cl2F3N8O3. The number of ether oxygens (including phenoxy) is 1. The molecule has 2 N–H and O–H groups in total. The van der Waals surface area contributed by atoms with Gasteiger partial charge in [-0.2, -0.15) is 0 Å². The Morgan fingerprint density at radius 1 is 0.833 bits per heavy atom. The number of nitrogens with zero attached hydrogens (tertiary/aromatic N) is 6. The Balaban J connectivity index is 0.000000177. The monoisotopic (exact) mass is 928 g/mol. The van der Waals surface area contributed by atoms with Crippen molar-refractivity contribution in [2.75, 3.05) is 23.3 Å². The molecule has 1 aliphatic rings. The summed E-state index contributed by atoms with van der Waals surface area (Å²) in [6.07, 6.45) is 1.01. The van der Waals surface area contributed by atoms with E-state index in [0.717, 1.165) is 81.9 Å². The predicted molar refractivity (Wildman–Crippen MR) is 252 cm³/mol. The molecule has 10 rings (SSSR count). The Hall–Kier alpha value is -7.16. The number of imidazole rings is 1. The maximum Gasteiger partial charge on any atom is 0.573 e. The number of oxazole rings is 1. The quantitative estimate of drug-likeness (QED) is 0.138. The molecule has 0 aliphatic carbocycles. The van der Waals surface area contributed by atoms with E-state index in [-0.39, 0.29) is 17.6 Å². The van der Waals surface area contributed by atoms with Crippen molar-refractivity contribution < 1.29 is 27.1 Å². The number of hydrogen-bond acceptors (Lipinski definition) is 9. The second kappa shape index (κ2) is 19.1. The third-order valence-corrected chi connectivity index (χ3v) is 11.8. The van der Waals surface area contributed by atoms with E-state index in [1.807, 2.05) is 85.8 Å². The van der Waals surface area contributed by atoms with Gasteiger partial charge in [-0.3, -0.25) is 9.20 Å². The minimum Gasteiger partial charge on any atom is -0.436 e. The van der Waals surface area contributed by atoms with Gasteiger partial charge in [-0.25, -0.2) is 19.9 Å². The zero-order valence-corrected chi connectivity index (χ0v) is 36.9. The summed E-state index contributed by atoms with van der Waals surface area (Å²) in [6.45, 7) is 4.04. The van der Waals surface area contributed by atoms with Crippen LogP contribution in [0.2, 0.25) is 10.0 Å². The smallest absolute Gasteiger partial charge is 0.436 e. The molecule has 16 heteroatoms. The zero-order chi connectivity index (χ0) is 45.8. The number of anilines is 3. The van der Waals surface area contributed by atoms with Crippen molar-refractivity contribution in [3.8, 4) is 17.2 Å². The lowest BCUT2D eigenvalue weighted by molar-refractivity contribution is -0.274. The first-order chi connectivity index (χ1) is 32.0. The summed E-state index contributed by atoms with van der Waals surface area (Å²) in [6, 6.07) is 38.9. The van der Waals surface area contributed by atoms with Crippen LogP contribution >= 0.6 is 23.2 Å². The normalized spacial score (nSPS) is 13.2. The van der Waals surface area contributed by atoms with Crippen molar-refractivity contribution in [2.45, 2.75) is 45.0 Å². The summed E-state index contributed by atoms with van der Waals surface area (Å²) in [5, 5.41) is 8.51. The van der Waals surface area contributed by atoms with Crippen LogP contribution in [0.5, 0.6) is 5.75 Å². The lowest BCUT2D eigenvalue weighted by atomic mass is 9.89. The van der Waals surface area contributed by atoms with Gasteiger partial charge in [0.25, 0.3) is 5.91 Å². The number of carbonyl (C=O) groups excluding carboxylic acids is 1. The van der Waals surface area contributed by atoms with E-state index in [2.05, 4.69) is 52.3 Å². The number of piperidine rings is 1. The van der Waals surface area contributed by atoms with Crippen LogP contribution < -0.4 is 20.3 Å². The lowest BCUT2D eigenvalue weighted by Crippen LogP contribution is -2.32. The van der Waals surface area contributed by atoms with Gasteiger partial charge in [0.2, 0.25) is 5.89 Å². The Labute approximate surface area is 387 Å². The van der Waals surface area contributed by atoms with Gasteiger partial charge >= 0.3 is 6.36 Å². The first-order valence-electron chi connectivity index (χ1n) is 21.2. The predicted octanol–water partition coefficient (Wildman–Crippen LogP) is 12.6. The number of rotatable bonds is 10. The van der Waals surface area contributed by atoms with E-state index in [4.69, 9.17) is 27.6 Å². The maximum atomic E-state index is 13.0. The second-order valence-electron chi connectivity index (χ2n) is 15.6. The summed E-state index contributed by atoms with van der Waals surface area (Å²) in [7, 11) is 0. The van der Waals surface area contributed by atoms with E-state index in [0.29, 0.717) is 45.8 Å². The van der Waals surface area contributed by atoms with Gasteiger partial charge in [0.05, 0.1) is 16.2 Å². The van der Waals surface area contributed by atoms with Crippen LogP contribution in [0.4, 0.5) is 30.4 Å². The number of alkyl halides is 3. The highest BCUT2D eigenvalue weighted by Crippen LogP contribution is 2.33. The van der Waals surface area contributed by atoms with Crippen molar-refractivity contribution in [1.82, 2.24) is 29.7 Å². The standard InChI is InChI=1S/C29H28ClF3N4O2.C21H13ClN4O/c1-2-25-27(37-18-22(30)7-12-26(37)35-25)28(38)34-17-19-3-8-23(9-4-19)36-15-13-21(14-16-36)20-5-10-24(11-6-20)39-29(31,32)33;22-14-7-5-13(6-8-14)21-26-18-10-9-15(11-19(18)27-21)25-20-16-3-1-2-4-17(16)23-12-24-20/h3-12,18,21H,2,13-17H2,1H3,(H,34,38);1-12H,(H,23,24,25). The van der Waals surface area contributed by atoms with Crippen LogP contribution in [-0.4, -0.2) is 49.7 Å². The number of hydrogen-bond donors (Lipinski definition) is 2. The average molecular weight is 930 g/mol. The van der Waals surface area contributed by atoms with Crippen molar-refractivity contribution >= 4 is 74.0 Å². The van der Waals surface area contributed by atoms with Gasteiger partial charge in [-0.05, 0) is 121 Å². The van der Waals surface area contributed by atoms with Crippen molar-refractivity contribution in [2.24, 2.45) is 0 Å². The molecule has 11 nitrogen and oxygen atoms in total. The van der Waals surface area contributed by atoms with Gasteiger partial charge in [0.15, 0.2) is 5.58 Å². The number of amides is 1. The summed E-state index contributed by atoms with van der Waals surface area (Å²) in [4.78, 5) is 33.1. The summed E-state index contributed by atoms with van der Waals surface area (Å²) in [5.74, 6) is 1.20. The van der Waals surface area contributed by atoms with Crippen LogP contribution in [0.25, 0.3) is 39.1 Å². The molecule has 0 bridgehead atoms. The van der Waals surface area contributed by atoms with Crippen LogP contribution in [0, 0.1) is 0 Å². The molecule has 1 amide bonds. The Bertz CT molecular complexity index is 3130. The van der Waals surface area contributed by atoms with Crippen LogP contribution in [0.1, 0.15) is 53.0 Å². The van der Waals surface area contributed by atoms with Crippen LogP contribution in [0.3, 0.4) is 0 Å². The van der Waals surface area contributed by atoms with E-state index in [9.17, 15) is 18.0 Å². The minimum absolute atomic E-state index is 0.200. The number of pyridine rings is 1. The third-order valence-electron chi connectivity index (χ3n) is 11.3. The molecule has 5 heterocycles. The van der Waals surface area contributed by atoms with Gasteiger partial charge < -0.3 is 24.7 Å². The maximum absolute atomic E-state index is 13.0. The molecule has 66 heavy (non-hydrogen) atoms. The number of fused-ring (bicyclic) bond motifs is 3. The average Bonchev–Trinajstić information content (AvgIpc) is 3.92. The first-order valence-corrected chi connectivity index (χ1v) is 22.0. The molecule has 1 aliphatic heterocycles. The van der Waals surface area contributed by atoms with Crippen LogP contribution in [0.15, 0.2) is 144 Å². The Morgan fingerprint density at radius 3 is 2.32 bits per heavy atom. The van der Waals surface area contributed by atoms with Gasteiger partial charge in [0, 0.05) is 59.2 Å². The molecule has 1 fully saturated rings. The Morgan fingerprint density at radius 2 is 1.58 bits per heavy atom. The SMILES string of the molecule is CCc1nc2ccc(Cl)cn2c1C(=O)NCc1ccc(N2CCC(c3ccc(OC(F)(F)F)cc3)CC2)cc1.Clc1ccc(-c2nc3ccc(Nc4ncnc5ccccc45)cc3o2)cc1. The number of halogens is 5. The molecule has 0 radical (unpaired) electrons. The second-order valence-corrected chi connectivity index (χ2v) is 16.5. The lowest BCUT2D eigenvalue weighted by Gasteiger charge is -2.34. The largest absolute Gasteiger partial charge is 0.573 e. The highest BCUT2D eigenvalue weighted by molar-refractivity contribution is 6.30. The number of para-hydroxylation sites is 1. The molecule has 0 atom stereocenters. The van der Waals surface area contributed by atoms with Crippen LogP contribution in [-0.2, 0) is 13.0 Å². The molecule has 0 unspecified atom stereocenters. The fourth-order valence-electron chi connectivity index (χ4n) is 8.02. The number of aryl methyl sites for hydroxylation is 1. The van der Waals surface area contributed by atoms with E-state index < -0.39 is 6.36 Å². The highest BCUT2D eigenvalue weighted by Gasteiger charge is 2.31. The molecular weight excluding hydrogens is 889 g/mol. The summed E-state index contributed by atoms with van der Waals surface area (Å²) < 4.78 is 48.8. The van der Waals surface area contributed by atoms with Crippen molar-refractivity contribution in [3.05, 3.63) is 172 Å². The van der Waals surface area contributed by atoms with E-state index >= 15 is 0 Å². The third kappa shape index (κ3) is 10.2. The molecule has 9 aromatic rings. The zero-order valence-electron chi connectivity index (χ0n) is 35.4. The Kier molecular flexibility index (Phi) is 12.8. The van der Waals surface area contributed by atoms with E-state index in [1.165, 1.54) is 12.1 Å². The van der Waals surface area contributed by atoms with Crippen molar-refractivity contribution in [1.29, 1.82) is 0 Å². The van der Waals surface area contributed by atoms with Gasteiger partial charge in [-0.15, -0.1) is 13.2 Å². The molecule has 334 valence electrons. The number of aromatic nitrogens is 5. The molecule has 0 saturated carbocycles. The highest BCUT2D eigenvalue weighted by atomic mass is 35.5. The summed E-state index contributed by atoms with van der Waals surface area (Å²) in [5.41, 5.74) is 9.13. The minimum atomic E-state index is -4.68. The molecule has 0 spiro atoms. The van der Waals surface area contributed by atoms with Gasteiger partial charge in [-0.1, -0.05) is 66.5 Å². The summed E-state index contributed by atoms with van der Waals surface area (Å²) >= 11 is 12.1. The molecule has 4 aromatic heterocycles. The fourth-order valence-corrected chi connectivity index (χ4v) is 8.30. The molecule has 5 aromatic carbocycles. The topological polar surface area (TPSA) is 123 Å². The first kappa shape index (κ1) is 44.1.